The van der Waals surface area contributed by atoms with Gasteiger partial charge in [0.15, 0.2) is 6.10 Å². The van der Waals surface area contributed by atoms with E-state index in [2.05, 4.69) is 16.3 Å². The van der Waals surface area contributed by atoms with Gasteiger partial charge in [-0.2, -0.15) is 0 Å². The lowest BCUT2D eigenvalue weighted by Gasteiger charge is -2.39. The molecule has 1 N–H and O–H groups in total. The normalized spacial score (nSPS) is 20.8. The van der Waals surface area contributed by atoms with Crippen molar-refractivity contribution < 1.29 is 18.7 Å². The summed E-state index contributed by atoms with van der Waals surface area (Å²) in [6.45, 7) is 6.29. The molecule has 0 radical (unpaired) electrons. The summed E-state index contributed by atoms with van der Waals surface area (Å²) in [5, 5.41) is 3.04. The number of amides is 2. The molecule has 0 aromatic heterocycles. The number of nitrogens with one attached hydrogen (secondary N) is 1. The Morgan fingerprint density at radius 3 is 2.47 bits per heavy atom. The number of nitrogens with zero attached hydrogens (tertiary/aromatic N) is 2. The van der Waals surface area contributed by atoms with Gasteiger partial charge in [-0.25, -0.2) is 4.39 Å². The maximum absolute atomic E-state index is 13.8. The highest BCUT2D eigenvalue weighted by molar-refractivity contribution is 5.81. The summed E-state index contributed by atoms with van der Waals surface area (Å²) in [5.74, 6) is 0.479. The molecule has 2 aliphatic heterocycles. The van der Waals surface area contributed by atoms with Gasteiger partial charge in [0.2, 0.25) is 5.91 Å². The number of carbonyl (C=O) groups excluding carboxylic acids is 2. The van der Waals surface area contributed by atoms with Crippen LogP contribution in [0.5, 0.6) is 5.75 Å². The van der Waals surface area contributed by atoms with Crippen LogP contribution in [0.3, 0.4) is 0 Å². The van der Waals surface area contributed by atoms with E-state index in [9.17, 15) is 14.0 Å². The molecule has 2 aromatic carbocycles. The van der Waals surface area contributed by atoms with Gasteiger partial charge >= 0.3 is 0 Å². The monoisotopic (exact) mass is 521 g/mol. The van der Waals surface area contributed by atoms with Crippen molar-refractivity contribution in [1.29, 1.82) is 0 Å². The third-order valence-electron chi connectivity index (χ3n) is 8.39. The van der Waals surface area contributed by atoms with Crippen LogP contribution >= 0.6 is 0 Å². The molecular weight excluding hydrogens is 481 g/mol. The molecule has 7 heteroatoms. The third kappa shape index (κ3) is 6.04. The van der Waals surface area contributed by atoms with Crippen LogP contribution in [0.25, 0.3) is 0 Å². The number of halogens is 1. The van der Waals surface area contributed by atoms with Crippen LogP contribution in [0, 0.1) is 11.7 Å². The summed E-state index contributed by atoms with van der Waals surface area (Å²) >= 11 is 0. The van der Waals surface area contributed by atoms with E-state index in [1.54, 1.807) is 12.1 Å². The van der Waals surface area contributed by atoms with Crippen molar-refractivity contribution >= 4 is 11.8 Å². The fourth-order valence-corrected chi connectivity index (χ4v) is 6.26. The zero-order chi connectivity index (χ0) is 26.5. The van der Waals surface area contributed by atoms with E-state index < -0.39 is 6.10 Å². The maximum Gasteiger partial charge on any atom is 0.261 e. The Morgan fingerprint density at radius 2 is 1.76 bits per heavy atom. The molecule has 2 heterocycles. The SMILES string of the molecule is CC[C@@H](Oc1ccc2c(c1)[C@@H](c1ccc(F)cc1)N(C(=O)C1CCCC1)CC2)C(=O)NCCN1CCCC1. The molecule has 1 saturated carbocycles. The predicted octanol–water partition coefficient (Wildman–Crippen LogP) is 4.86. The highest BCUT2D eigenvalue weighted by Crippen LogP contribution is 2.40. The number of fused-ring (bicyclic) bond motifs is 1. The van der Waals surface area contributed by atoms with Crippen LogP contribution in [-0.2, 0) is 16.0 Å². The summed E-state index contributed by atoms with van der Waals surface area (Å²) < 4.78 is 20.0. The fraction of sp³-hybridized carbons (Fsp3) is 0.548. The second-order valence-electron chi connectivity index (χ2n) is 10.9. The van der Waals surface area contributed by atoms with E-state index in [-0.39, 0.29) is 29.6 Å². The molecule has 0 unspecified atom stereocenters. The summed E-state index contributed by atoms with van der Waals surface area (Å²) in [6, 6.07) is 12.1. The zero-order valence-electron chi connectivity index (χ0n) is 22.5. The van der Waals surface area contributed by atoms with E-state index in [4.69, 9.17) is 4.74 Å². The van der Waals surface area contributed by atoms with Crippen molar-refractivity contribution in [2.75, 3.05) is 32.7 Å². The quantitative estimate of drug-likeness (QED) is 0.512. The first-order chi connectivity index (χ1) is 18.5. The molecule has 3 aliphatic rings. The minimum Gasteiger partial charge on any atom is -0.481 e. The molecule has 2 atom stereocenters. The number of hydrogen-bond acceptors (Lipinski definition) is 4. The third-order valence-corrected chi connectivity index (χ3v) is 8.39. The average molecular weight is 522 g/mol. The van der Waals surface area contributed by atoms with Gasteiger partial charge in [-0.1, -0.05) is 38.0 Å². The van der Waals surface area contributed by atoms with E-state index >= 15 is 0 Å². The van der Waals surface area contributed by atoms with Gasteiger partial charge in [-0.3, -0.25) is 9.59 Å². The lowest BCUT2D eigenvalue weighted by Crippen LogP contribution is -2.43. The van der Waals surface area contributed by atoms with Gasteiger partial charge in [-0.05, 0) is 92.6 Å². The summed E-state index contributed by atoms with van der Waals surface area (Å²) in [5.41, 5.74) is 3.05. The van der Waals surface area contributed by atoms with E-state index in [0.29, 0.717) is 25.3 Å². The number of ether oxygens (including phenoxy) is 1. The van der Waals surface area contributed by atoms with Crippen LogP contribution in [0.2, 0.25) is 0 Å². The first-order valence-electron chi connectivity index (χ1n) is 14.4. The predicted molar refractivity (Wildman–Crippen MR) is 145 cm³/mol. The number of benzene rings is 2. The van der Waals surface area contributed by atoms with Crippen molar-refractivity contribution in [3.63, 3.8) is 0 Å². The highest BCUT2D eigenvalue weighted by atomic mass is 19.1. The van der Waals surface area contributed by atoms with Crippen molar-refractivity contribution in [2.24, 2.45) is 5.92 Å². The number of likely N-dealkylation sites (tertiary alicyclic amines) is 1. The van der Waals surface area contributed by atoms with Crippen LogP contribution in [-0.4, -0.2) is 60.4 Å². The van der Waals surface area contributed by atoms with Crippen molar-refractivity contribution in [3.8, 4) is 5.75 Å². The standard InChI is InChI=1S/C31H40FN3O3/c1-2-28(30(36)33-16-20-34-17-5-6-18-34)38-26-14-11-22-15-19-35(31(37)24-7-3-4-8-24)29(27(22)21-26)23-9-12-25(32)13-10-23/h9-14,21,24,28-29H,2-8,15-20H2,1H3,(H,33,36)/t28-,29-/m1/s1. The largest absolute Gasteiger partial charge is 0.481 e. The van der Waals surface area contributed by atoms with Gasteiger partial charge in [0, 0.05) is 25.6 Å². The topological polar surface area (TPSA) is 61.9 Å². The minimum atomic E-state index is -0.587. The zero-order valence-corrected chi connectivity index (χ0v) is 22.5. The molecule has 204 valence electrons. The first kappa shape index (κ1) is 26.7. The highest BCUT2D eigenvalue weighted by Gasteiger charge is 2.36. The molecule has 2 fully saturated rings. The maximum atomic E-state index is 13.8. The minimum absolute atomic E-state index is 0.0626. The van der Waals surface area contributed by atoms with Crippen molar-refractivity contribution in [2.45, 2.75) is 70.4 Å². The van der Waals surface area contributed by atoms with Crippen LogP contribution in [0.15, 0.2) is 42.5 Å². The number of carbonyl (C=O) groups is 2. The van der Waals surface area contributed by atoms with Gasteiger partial charge in [0.1, 0.15) is 11.6 Å². The summed E-state index contributed by atoms with van der Waals surface area (Å²) in [7, 11) is 0. The molecule has 5 rings (SSSR count). The molecule has 6 nitrogen and oxygen atoms in total. The lowest BCUT2D eigenvalue weighted by atomic mass is 9.87. The Labute approximate surface area is 225 Å². The Hall–Kier alpha value is -2.93. The van der Waals surface area contributed by atoms with Gasteiger partial charge in [0.05, 0.1) is 6.04 Å². The second-order valence-corrected chi connectivity index (χ2v) is 10.9. The number of hydrogen-bond donors (Lipinski definition) is 1. The molecule has 2 amide bonds. The van der Waals surface area contributed by atoms with Crippen molar-refractivity contribution in [1.82, 2.24) is 15.1 Å². The van der Waals surface area contributed by atoms with Crippen LogP contribution in [0.1, 0.15) is 74.6 Å². The van der Waals surface area contributed by atoms with E-state index in [1.807, 2.05) is 24.0 Å². The van der Waals surface area contributed by atoms with E-state index in [1.165, 1.54) is 25.0 Å². The Balaban J connectivity index is 1.35. The van der Waals surface area contributed by atoms with Crippen LogP contribution in [0.4, 0.5) is 4.39 Å². The van der Waals surface area contributed by atoms with Gasteiger partial charge in [0.25, 0.3) is 5.91 Å². The lowest BCUT2D eigenvalue weighted by molar-refractivity contribution is -0.137. The summed E-state index contributed by atoms with van der Waals surface area (Å²) in [4.78, 5) is 30.9. The molecule has 1 saturated heterocycles. The Bertz CT molecular complexity index is 1110. The molecule has 2 aromatic rings. The molecule has 1 aliphatic carbocycles. The Morgan fingerprint density at radius 1 is 1.03 bits per heavy atom. The van der Waals surface area contributed by atoms with E-state index in [0.717, 1.165) is 68.4 Å². The Kier molecular flexibility index (Phi) is 8.62. The summed E-state index contributed by atoms with van der Waals surface area (Å²) in [6.07, 6.45) is 7.26. The smallest absolute Gasteiger partial charge is 0.261 e. The fourth-order valence-electron chi connectivity index (χ4n) is 6.26. The molecule has 0 bridgehead atoms. The first-order valence-corrected chi connectivity index (χ1v) is 14.4. The second kappa shape index (κ2) is 12.3. The average Bonchev–Trinajstić information content (AvgIpc) is 3.66. The van der Waals surface area contributed by atoms with Crippen molar-refractivity contribution in [3.05, 3.63) is 65.0 Å². The van der Waals surface area contributed by atoms with Crippen LogP contribution < -0.4 is 10.1 Å². The molecule has 38 heavy (non-hydrogen) atoms. The molecular formula is C31H40FN3O3. The molecule has 0 spiro atoms. The van der Waals surface area contributed by atoms with Gasteiger partial charge < -0.3 is 19.9 Å². The van der Waals surface area contributed by atoms with Gasteiger partial charge in [-0.15, -0.1) is 0 Å². The number of rotatable bonds is 9.